The molecule has 1 aliphatic rings. The van der Waals surface area contributed by atoms with E-state index in [9.17, 15) is 0 Å². The fourth-order valence-electron chi connectivity index (χ4n) is 2.15. The van der Waals surface area contributed by atoms with Gasteiger partial charge in [0.2, 0.25) is 0 Å². The minimum atomic E-state index is -0.208. The van der Waals surface area contributed by atoms with Crippen LogP contribution < -0.4 is 4.74 Å². The van der Waals surface area contributed by atoms with Crippen molar-refractivity contribution in [3.63, 3.8) is 0 Å². The summed E-state index contributed by atoms with van der Waals surface area (Å²) in [6, 6.07) is 10.1. The lowest BCUT2D eigenvalue weighted by Gasteiger charge is -2.30. The normalized spacial score (nSPS) is 18.1. The van der Waals surface area contributed by atoms with Gasteiger partial charge in [-0.3, -0.25) is 0 Å². The summed E-state index contributed by atoms with van der Waals surface area (Å²) in [7, 11) is 1.65. The maximum absolute atomic E-state index is 9.16. The van der Waals surface area contributed by atoms with Gasteiger partial charge in [-0.1, -0.05) is 24.3 Å². The Balaban J connectivity index is 2.19. The van der Waals surface area contributed by atoms with Gasteiger partial charge in [0.25, 0.3) is 0 Å². The van der Waals surface area contributed by atoms with Crippen LogP contribution in [0, 0.1) is 11.3 Å². The Morgan fingerprint density at radius 1 is 1.25 bits per heavy atom. The van der Waals surface area contributed by atoms with Crippen LogP contribution in [-0.4, -0.2) is 19.3 Å². The molecule has 3 nitrogen and oxygen atoms in total. The SMILES string of the molecule is COc1ccc(C=CC2=C(C#N)COC(C)(C)C2)cc1. The highest BCUT2D eigenvalue weighted by atomic mass is 16.5. The van der Waals surface area contributed by atoms with Crippen molar-refractivity contribution in [1.82, 2.24) is 0 Å². The Morgan fingerprint density at radius 3 is 2.55 bits per heavy atom. The first-order chi connectivity index (χ1) is 9.54. The predicted octanol–water partition coefficient (Wildman–Crippen LogP) is 3.73. The molecular weight excluding hydrogens is 250 g/mol. The molecule has 2 rings (SSSR count). The summed E-state index contributed by atoms with van der Waals surface area (Å²) >= 11 is 0. The third-order valence-electron chi connectivity index (χ3n) is 3.34. The molecule has 104 valence electrons. The number of allylic oxidation sites excluding steroid dienone is 1. The molecule has 1 aromatic rings. The van der Waals surface area contributed by atoms with E-state index < -0.39 is 0 Å². The summed E-state index contributed by atoms with van der Waals surface area (Å²) in [6.07, 6.45) is 4.79. The molecule has 0 fully saturated rings. The summed E-state index contributed by atoms with van der Waals surface area (Å²) in [6.45, 7) is 4.48. The Hall–Kier alpha value is -2.05. The molecule has 3 heteroatoms. The molecule has 0 atom stereocenters. The van der Waals surface area contributed by atoms with Gasteiger partial charge in [0.05, 0.1) is 31.0 Å². The topological polar surface area (TPSA) is 42.2 Å². The number of nitrogens with zero attached hydrogens (tertiary/aromatic N) is 1. The van der Waals surface area contributed by atoms with Gasteiger partial charge in [0.1, 0.15) is 5.75 Å². The zero-order valence-corrected chi connectivity index (χ0v) is 12.1. The van der Waals surface area contributed by atoms with Gasteiger partial charge < -0.3 is 9.47 Å². The van der Waals surface area contributed by atoms with Crippen molar-refractivity contribution >= 4 is 6.08 Å². The quantitative estimate of drug-likeness (QED) is 0.839. The molecule has 0 radical (unpaired) electrons. The van der Waals surface area contributed by atoms with Gasteiger partial charge in [-0.25, -0.2) is 0 Å². The molecule has 0 saturated carbocycles. The van der Waals surface area contributed by atoms with Gasteiger partial charge in [-0.2, -0.15) is 5.26 Å². The van der Waals surface area contributed by atoms with Crippen LogP contribution in [0.25, 0.3) is 6.08 Å². The van der Waals surface area contributed by atoms with Crippen molar-refractivity contribution in [2.45, 2.75) is 25.9 Å². The Morgan fingerprint density at radius 2 is 1.95 bits per heavy atom. The average Bonchev–Trinajstić information content (AvgIpc) is 2.45. The third-order valence-corrected chi connectivity index (χ3v) is 3.34. The summed E-state index contributed by atoms with van der Waals surface area (Å²) in [5, 5.41) is 9.16. The van der Waals surface area contributed by atoms with E-state index in [0.717, 1.165) is 23.3 Å². The molecule has 0 bridgehead atoms. The van der Waals surface area contributed by atoms with E-state index in [2.05, 4.69) is 6.07 Å². The molecule has 0 spiro atoms. The second-order valence-corrected chi connectivity index (χ2v) is 5.45. The fourth-order valence-corrected chi connectivity index (χ4v) is 2.15. The zero-order chi connectivity index (χ0) is 14.6. The zero-order valence-electron chi connectivity index (χ0n) is 12.1. The van der Waals surface area contributed by atoms with Gasteiger partial charge in [0.15, 0.2) is 0 Å². The van der Waals surface area contributed by atoms with Crippen molar-refractivity contribution < 1.29 is 9.47 Å². The summed E-state index contributed by atoms with van der Waals surface area (Å²) in [5.74, 6) is 0.839. The number of nitriles is 1. The van der Waals surface area contributed by atoms with Gasteiger partial charge in [-0.15, -0.1) is 0 Å². The third kappa shape index (κ3) is 3.49. The Labute approximate surface area is 120 Å². The van der Waals surface area contributed by atoms with Crippen LogP contribution in [0.15, 0.2) is 41.5 Å². The monoisotopic (exact) mass is 269 g/mol. The second kappa shape index (κ2) is 5.94. The van der Waals surface area contributed by atoms with E-state index in [0.29, 0.717) is 12.2 Å². The van der Waals surface area contributed by atoms with Crippen molar-refractivity contribution in [3.05, 3.63) is 47.1 Å². The van der Waals surface area contributed by atoms with E-state index in [-0.39, 0.29) is 5.60 Å². The molecule has 0 saturated heterocycles. The van der Waals surface area contributed by atoms with Crippen LogP contribution in [0.5, 0.6) is 5.75 Å². The van der Waals surface area contributed by atoms with E-state index in [1.54, 1.807) is 7.11 Å². The van der Waals surface area contributed by atoms with Crippen LogP contribution in [0.4, 0.5) is 0 Å². The molecule has 20 heavy (non-hydrogen) atoms. The number of methoxy groups -OCH3 is 1. The Kier molecular flexibility index (Phi) is 4.26. The summed E-state index contributed by atoms with van der Waals surface area (Å²) in [4.78, 5) is 0. The first-order valence-electron chi connectivity index (χ1n) is 6.62. The van der Waals surface area contributed by atoms with Crippen LogP contribution in [0.1, 0.15) is 25.8 Å². The van der Waals surface area contributed by atoms with Crippen molar-refractivity contribution in [2.75, 3.05) is 13.7 Å². The van der Waals surface area contributed by atoms with E-state index in [1.165, 1.54) is 0 Å². The molecule has 0 aromatic heterocycles. The van der Waals surface area contributed by atoms with Crippen LogP contribution >= 0.6 is 0 Å². The number of rotatable bonds is 3. The fraction of sp³-hybridized carbons (Fsp3) is 0.353. The number of hydrogen-bond acceptors (Lipinski definition) is 3. The van der Waals surface area contributed by atoms with Crippen LogP contribution in [0.2, 0.25) is 0 Å². The number of benzene rings is 1. The van der Waals surface area contributed by atoms with E-state index in [4.69, 9.17) is 14.7 Å². The maximum Gasteiger partial charge on any atom is 0.118 e. The molecule has 1 aliphatic heterocycles. The van der Waals surface area contributed by atoms with E-state index in [1.807, 2.05) is 50.3 Å². The van der Waals surface area contributed by atoms with Crippen LogP contribution in [0.3, 0.4) is 0 Å². The highest BCUT2D eigenvalue weighted by molar-refractivity contribution is 5.56. The number of ether oxygens (including phenoxy) is 2. The van der Waals surface area contributed by atoms with Gasteiger partial charge in [-0.05, 0) is 37.1 Å². The van der Waals surface area contributed by atoms with Crippen molar-refractivity contribution in [2.24, 2.45) is 0 Å². The summed E-state index contributed by atoms with van der Waals surface area (Å²) < 4.78 is 10.8. The van der Waals surface area contributed by atoms with Gasteiger partial charge >= 0.3 is 0 Å². The average molecular weight is 269 g/mol. The highest BCUT2D eigenvalue weighted by Crippen LogP contribution is 2.29. The van der Waals surface area contributed by atoms with Crippen LogP contribution in [-0.2, 0) is 4.74 Å². The first-order valence-corrected chi connectivity index (χ1v) is 6.62. The standard InChI is InChI=1S/C17H19NO2/c1-17(2)10-14(15(11-18)12-20-17)7-4-13-5-8-16(19-3)9-6-13/h4-9H,10,12H2,1-3H3. The minimum Gasteiger partial charge on any atom is -0.497 e. The molecule has 0 N–H and O–H groups in total. The van der Waals surface area contributed by atoms with E-state index >= 15 is 0 Å². The lowest BCUT2D eigenvalue weighted by atomic mass is 9.91. The maximum atomic E-state index is 9.16. The number of hydrogen-bond donors (Lipinski definition) is 0. The second-order valence-electron chi connectivity index (χ2n) is 5.45. The molecular formula is C17H19NO2. The molecule has 0 amide bonds. The first kappa shape index (κ1) is 14.4. The van der Waals surface area contributed by atoms with Gasteiger partial charge in [0, 0.05) is 6.42 Å². The van der Waals surface area contributed by atoms with Crippen molar-refractivity contribution in [3.8, 4) is 11.8 Å². The predicted molar refractivity (Wildman–Crippen MR) is 79.3 cm³/mol. The minimum absolute atomic E-state index is 0.208. The smallest absolute Gasteiger partial charge is 0.118 e. The molecule has 1 aromatic carbocycles. The largest absolute Gasteiger partial charge is 0.497 e. The lowest BCUT2D eigenvalue weighted by molar-refractivity contribution is -0.0115. The molecule has 1 heterocycles. The summed E-state index contributed by atoms with van der Waals surface area (Å²) in [5.41, 5.74) is 2.65. The molecule has 0 unspecified atom stereocenters. The lowest BCUT2D eigenvalue weighted by Crippen LogP contribution is -2.30. The molecule has 0 aliphatic carbocycles. The van der Waals surface area contributed by atoms with Crippen molar-refractivity contribution in [1.29, 1.82) is 5.26 Å². The highest BCUT2D eigenvalue weighted by Gasteiger charge is 2.26. The Bertz CT molecular complexity index is 574.